The van der Waals surface area contributed by atoms with E-state index in [-0.39, 0.29) is 0 Å². The third-order valence-corrected chi connectivity index (χ3v) is 3.03. The van der Waals surface area contributed by atoms with E-state index in [1.807, 2.05) is 0 Å². The zero-order valence-electron chi connectivity index (χ0n) is 12.4. The highest BCUT2D eigenvalue weighted by Crippen LogP contribution is 2.23. The Bertz CT molecular complexity index is 655. The first-order chi connectivity index (χ1) is 10.6. The number of benzene rings is 2. The molecule has 2 aromatic rings. The molecule has 2 rings (SSSR count). The van der Waals surface area contributed by atoms with Crippen molar-refractivity contribution in [2.24, 2.45) is 0 Å². The molecular formula is C17H17NO4. The maximum Gasteiger partial charge on any atom is 0.338 e. The van der Waals surface area contributed by atoms with Crippen LogP contribution < -0.4 is 10.1 Å². The van der Waals surface area contributed by atoms with Crippen LogP contribution in [0.4, 0.5) is 5.69 Å². The van der Waals surface area contributed by atoms with Gasteiger partial charge in [-0.05, 0) is 31.2 Å². The molecule has 0 unspecified atom stereocenters. The van der Waals surface area contributed by atoms with Crippen LogP contribution in [-0.4, -0.2) is 25.1 Å². The van der Waals surface area contributed by atoms with Crippen LogP contribution in [0.15, 0.2) is 54.6 Å². The Hall–Kier alpha value is -2.82. The van der Waals surface area contributed by atoms with Gasteiger partial charge in [0.1, 0.15) is 5.75 Å². The summed E-state index contributed by atoms with van der Waals surface area (Å²) in [6.07, 6.45) is -0.919. The van der Waals surface area contributed by atoms with E-state index in [1.54, 1.807) is 54.6 Å². The molecule has 1 amide bonds. The molecule has 0 aliphatic carbocycles. The summed E-state index contributed by atoms with van der Waals surface area (Å²) in [5.74, 6) is -0.422. The van der Waals surface area contributed by atoms with Gasteiger partial charge in [0.25, 0.3) is 5.91 Å². The molecule has 2 aromatic carbocycles. The van der Waals surface area contributed by atoms with Gasteiger partial charge in [-0.15, -0.1) is 0 Å². The first-order valence-electron chi connectivity index (χ1n) is 6.81. The van der Waals surface area contributed by atoms with Gasteiger partial charge in [0.15, 0.2) is 6.10 Å². The van der Waals surface area contributed by atoms with Gasteiger partial charge in [-0.25, -0.2) is 4.79 Å². The molecule has 5 heteroatoms. The second-order valence-electron chi connectivity index (χ2n) is 4.60. The number of para-hydroxylation sites is 2. The lowest BCUT2D eigenvalue weighted by Crippen LogP contribution is -2.30. The molecule has 1 N–H and O–H groups in total. The van der Waals surface area contributed by atoms with Crippen molar-refractivity contribution in [2.75, 3.05) is 12.4 Å². The van der Waals surface area contributed by atoms with Crippen LogP contribution in [-0.2, 0) is 9.53 Å². The molecule has 0 spiro atoms. The van der Waals surface area contributed by atoms with Crippen LogP contribution >= 0.6 is 0 Å². The predicted octanol–water partition coefficient (Wildman–Crippen LogP) is 2.88. The number of carbonyl (C=O) groups is 2. The van der Waals surface area contributed by atoms with Crippen LogP contribution in [0.3, 0.4) is 0 Å². The van der Waals surface area contributed by atoms with Crippen LogP contribution in [0.2, 0.25) is 0 Å². The van der Waals surface area contributed by atoms with Gasteiger partial charge in [0, 0.05) is 0 Å². The Kier molecular flexibility index (Phi) is 5.14. The van der Waals surface area contributed by atoms with Crippen molar-refractivity contribution in [3.63, 3.8) is 0 Å². The average Bonchev–Trinajstić information content (AvgIpc) is 2.56. The van der Waals surface area contributed by atoms with Gasteiger partial charge >= 0.3 is 5.97 Å². The normalized spacial score (nSPS) is 11.4. The van der Waals surface area contributed by atoms with Crippen molar-refractivity contribution in [3.05, 3.63) is 60.2 Å². The first-order valence-corrected chi connectivity index (χ1v) is 6.81. The molecule has 0 fully saturated rings. The van der Waals surface area contributed by atoms with Gasteiger partial charge in [0.05, 0.1) is 18.4 Å². The van der Waals surface area contributed by atoms with Crippen molar-refractivity contribution in [1.29, 1.82) is 0 Å². The van der Waals surface area contributed by atoms with Gasteiger partial charge in [-0.3, -0.25) is 4.79 Å². The van der Waals surface area contributed by atoms with Crippen molar-refractivity contribution >= 4 is 17.6 Å². The summed E-state index contributed by atoms with van der Waals surface area (Å²) in [5.41, 5.74) is 0.928. The maximum atomic E-state index is 12.1. The van der Waals surface area contributed by atoms with E-state index in [0.717, 1.165) is 0 Å². The van der Waals surface area contributed by atoms with E-state index < -0.39 is 18.0 Å². The monoisotopic (exact) mass is 299 g/mol. The number of nitrogens with one attached hydrogen (secondary N) is 1. The number of rotatable bonds is 5. The smallest absolute Gasteiger partial charge is 0.338 e. The molecule has 0 aliphatic rings. The third-order valence-electron chi connectivity index (χ3n) is 3.03. The van der Waals surface area contributed by atoms with Crippen LogP contribution in [0.25, 0.3) is 0 Å². The standard InChI is InChI=1S/C17H17NO4/c1-12(22-17(20)13-8-4-3-5-9-13)16(19)18-14-10-6-7-11-15(14)21-2/h3-12H,1-2H3,(H,18,19)/t12-/m1/s1. The van der Waals surface area contributed by atoms with E-state index in [1.165, 1.54) is 14.0 Å². The molecule has 0 bridgehead atoms. The lowest BCUT2D eigenvalue weighted by atomic mass is 10.2. The van der Waals surface area contributed by atoms with Gasteiger partial charge in [-0.1, -0.05) is 30.3 Å². The number of hydrogen-bond acceptors (Lipinski definition) is 4. The highest BCUT2D eigenvalue weighted by molar-refractivity contribution is 5.98. The highest BCUT2D eigenvalue weighted by atomic mass is 16.5. The first kappa shape index (κ1) is 15.6. The molecule has 0 saturated carbocycles. The van der Waals surface area contributed by atoms with E-state index in [9.17, 15) is 9.59 Å². The summed E-state index contributed by atoms with van der Waals surface area (Å²) in [7, 11) is 1.52. The number of esters is 1. The van der Waals surface area contributed by atoms with Crippen molar-refractivity contribution in [3.8, 4) is 5.75 Å². The van der Waals surface area contributed by atoms with Crippen molar-refractivity contribution in [2.45, 2.75) is 13.0 Å². The van der Waals surface area contributed by atoms with Crippen LogP contribution in [0, 0.1) is 0 Å². The lowest BCUT2D eigenvalue weighted by Gasteiger charge is -2.15. The number of methoxy groups -OCH3 is 1. The largest absolute Gasteiger partial charge is 0.495 e. The SMILES string of the molecule is COc1ccccc1NC(=O)[C@@H](C)OC(=O)c1ccccc1. The lowest BCUT2D eigenvalue weighted by molar-refractivity contribution is -0.123. The number of anilines is 1. The minimum absolute atomic E-state index is 0.402. The van der Waals surface area contributed by atoms with Gasteiger partial charge < -0.3 is 14.8 Å². The fourth-order valence-corrected chi connectivity index (χ4v) is 1.84. The maximum absolute atomic E-state index is 12.1. The molecule has 22 heavy (non-hydrogen) atoms. The quantitative estimate of drug-likeness (QED) is 0.862. The molecule has 0 aliphatic heterocycles. The topological polar surface area (TPSA) is 64.6 Å². The number of amides is 1. The minimum atomic E-state index is -0.919. The highest BCUT2D eigenvalue weighted by Gasteiger charge is 2.19. The summed E-state index contributed by atoms with van der Waals surface area (Å²) in [6, 6.07) is 15.5. The van der Waals surface area contributed by atoms with Crippen molar-refractivity contribution in [1.82, 2.24) is 0 Å². The molecule has 5 nitrogen and oxygen atoms in total. The number of carbonyl (C=O) groups excluding carboxylic acids is 2. The average molecular weight is 299 g/mol. The molecule has 0 radical (unpaired) electrons. The Morgan fingerprint density at radius 2 is 1.64 bits per heavy atom. The second kappa shape index (κ2) is 7.26. The zero-order chi connectivity index (χ0) is 15.9. The van der Waals surface area contributed by atoms with Crippen LogP contribution in [0.5, 0.6) is 5.75 Å². The summed E-state index contributed by atoms with van der Waals surface area (Å²) in [4.78, 5) is 24.0. The van der Waals surface area contributed by atoms with E-state index in [0.29, 0.717) is 17.0 Å². The number of ether oxygens (including phenoxy) is 2. The van der Waals surface area contributed by atoms with E-state index in [2.05, 4.69) is 5.32 Å². The van der Waals surface area contributed by atoms with Gasteiger partial charge in [0.2, 0.25) is 0 Å². The van der Waals surface area contributed by atoms with E-state index >= 15 is 0 Å². The van der Waals surface area contributed by atoms with E-state index in [4.69, 9.17) is 9.47 Å². The minimum Gasteiger partial charge on any atom is -0.495 e. The molecule has 1 atom stereocenters. The molecular weight excluding hydrogens is 282 g/mol. The molecule has 0 saturated heterocycles. The van der Waals surface area contributed by atoms with Crippen molar-refractivity contribution < 1.29 is 19.1 Å². The van der Waals surface area contributed by atoms with Gasteiger partial charge in [-0.2, -0.15) is 0 Å². The fourth-order valence-electron chi connectivity index (χ4n) is 1.84. The summed E-state index contributed by atoms with van der Waals surface area (Å²) in [5, 5.41) is 2.68. The predicted molar refractivity (Wildman–Crippen MR) is 82.9 cm³/mol. The Morgan fingerprint density at radius 3 is 2.32 bits per heavy atom. The summed E-state index contributed by atoms with van der Waals surface area (Å²) >= 11 is 0. The molecule has 0 heterocycles. The molecule has 114 valence electrons. The summed E-state index contributed by atoms with van der Waals surface area (Å²) in [6.45, 7) is 1.52. The zero-order valence-corrected chi connectivity index (χ0v) is 12.4. The fraction of sp³-hybridized carbons (Fsp3) is 0.176. The Morgan fingerprint density at radius 1 is 1.00 bits per heavy atom. The Labute approximate surface area is 128 Å². The van der Waals surface area contributed by atoms with Crippen LogP contribution in [0.1, 0.15) is 17.3 Å². The molecule has 0 aromatic heterocycles. The number of hydrogen-bond donors (Lipinski definition) is 1. The second-order valence-corrected chi connectivity index (χ2v) is 4.60. The Balaban J connectivity index is 1.99. The third kappa shape index (κ3) is 3.85. The summed E-state index contributed by atoms with van der Waals surface area (Å²) < 4.78 is 10.3.